The van der Waals surface area contributed by atoms with E-state index in [-0.39, 0.29) is 23.8 Å². The van der Waals surface area contributed by atoms with Crippen LogP contribution in [0, 0.1) is 19.7 Å². The van der Waals surface area contributed by atoms with Gasteiger partial charge in [0.25, 0.3) is 0 Å². The summed E-state index contributed by atoms with van der Waals surface area (Å²) < 4.78 is 22.3. The van der Waals surface area contributed by atoms with Gasteiger partial charge in [-0.1, -0.05) is 18.2 Å². The van der Waals surface area contributed by atoms with Crippen LogP contribution < -0.4 is 20.3 Å². The highest BCUT2D eigenvalue weighted by molar-refractivity contribution is 6.01. The van der Waals surface area contributed by atoms with Gasteiger partial charge in [-0.15, -0.1) is 0 Å². The number of piperazine rings is 1. The minimum absolute atomic E-state index is 0.0999. The van der Waals surface area contributed by atoms with Crippen LogP contribution in [0.1, 0.15) is 31.0 Å². The first-order chi connectivity index (χ1) is 15.0. The first-order valence-corrected chi connectivity index (χ1v) is 11.0. The van der Waals surface area contributed by atoms with Crippen LogP contribution in [-0.2, 0) is 0 Å². The van der Waals surface area contributed by atoms with E-state index in [1.54, 1.807) is 0 Å². The van der Waals surface area contributed by atoms with Gasteiger partial charge in [0.15, 0.2) is 11.6 Å². The summed E-state index contributed by atoms with van der Waals surface area (Å²) in [6, 6.07) is 10.4. The Hall–Kier alpha value is -2.93. The zero-order valence-corrected chi connectivity index (χ0v) is 17.9. The van der Waals surface area contributed by atoms with Crippen LogP contribution in [0.15, 0.2) is 30.3 Å². The molecule has 3 aromatic rings. The number of fused-ring (bicyclic) bond motifs is 5. The van der Waals surface area contributed by atoms with Crippen molar-refractivity contribution >= 4 is 28.1 Å². The summed E-state index contributed by atoms with van der Waals surface area (Å²) in [5.41, 5.74) is 2.44. The Balaban J connectivity index is 1.59. The van der Waals surface area contributed by atoms with E-state index in [0.717, 1.165) is 42.1 Å². The number of pyridine rings is 2. The Morgan fingerprint density at radius 3 is 2.74 bits per heavy atom. The molecule has 2 fully saturated rings. The number of nitrogens with one attached hydrogen (secondary N) is 2. The monoisotopic (exact) mass is 419 g/mol. The normalized spacial score (nSPS) is 26.4. The van der Waals surface area contributed by atoms with Crippen LogP contribution in [0.25, 0.3) is 10.8 Å². The zero-order valence-electron chi connectivity index (χ0n) is 17.9. The number of para-hydroxylation sites is 1. The number of benzene rings is 1. The molecule has 3 aliphatic rings. The lowest BCUT2D eigenvalue weighted by molar-refractivity contribution is 0.155. The molecule has 3 aliphatic heterocycles. The molecule has 2 aromatic heterocycles. The van der Waals surface area contributed by atoms with Gasteiger partial charge in [0.05, 0.1) is 11.4 Å². The average molecular weight is 420 g/mol. The van der Waals surface area contributed by atoms with Crippen molar-refractivity contribution in [3.63, 3.8) is 0 Å². The summed E-state index contributed by atoms with van der Waals surface area (Å²) in [7, 11) is 0. The molecule has 6 nitrogen and oxygen atoms in total. The standard InChI is InChI=1S/C24H26FN5O/c1-12-13(2)26-23-19-18(12)20(25)22(28-15-7-5-4-6-8-15)29-24(19)31-14(3)21-17-10-9-16(27-17)11-30(21)23/h4-8,14,16-17,21,27H,9-11H2,1-3H3,(H,28,29)/t14-,16?,17?,21?/m1/s1. The highest BCUT2D eigenvalue weighted by Gasteiger charge is 2.46. The molecule has 160 valence electrons. The predicted octanol–water partition coefficient (Wildman–Crippen LogP) is 4.22. The van der Waals surface area contributed by atoms with Crippen molar-refractivity contribution in [2.45, 2.75) is 57.8 Å². The Kier molecular flexibility index (Phi) is 4.12. The van der Waals surface area contributed by atoms with Crippen LogP contribution in [0.2, 0.25) is 0 Å². The van der Waals surface area contributed by atoms with E-state index in [9.17, 15) is 0 Å². The Bertz CT molecular complexity index is 1180. The van der Waals surface area contributed by atoms with Crippen molar-refractivity contribution in [2.75, 3.05) is 16.8 Å². The van der Waals surface area contributed by atoms with Crippen molar-refractivity contribution in [3.05, 3.63) is 47.4 Å². The molecule has 2 N–H and O–H groups in total. The lowest BCUT2D eigenvalue weighted by Gasteiger charge is -2.43. The van der Waals surface area contributed by atoms with Crippen LogP contribution in [0.4, 0.5) is 21.7 Å². The maximum Gasteiger partial charge on any atom is 0.227 e. The molecular weight excluding hydrogens is 393 g/mol. The Morgan fingerprint density at radius 2 is 1.94 bits per heavy atom. The third-order valence-corrected chi connectivity index (χ3v) is 7.07. The zero-order chi connectivity index (χ0) is 21.3. The van der Waals surface area contributed by atoms with Crippen molar-refractivity contribution in [1.29, 1.82) is 0 Å². The van der Waals surface area contributed by atoms with Gasteiger partial charge in [-0.25, -0.2) is 9.37 Å². The summed E-state index contributed by atoms with van der Waals surface area (Å²) in [4.78, 5) is 11.9. The molecule has 6 rings (SSSR count). The summed E-state index contributed by atoms with van der Waals surface area (Å²) in [6.07, 6.45) is 2.17. The Morgan fingerprint density at radius 1 is 1.13 bits per heavy atom. The third kappa shape index (κ3) is 2.79. The lowest BCUT2D eigenvalue weighted by atomic mass is 9.99. The molecule has 5 heterocycles. The fourth-order valence-electron chi connectivity index (χ4n) is 5.51. The van der Waals surface area contributed by atoms with Gasteiger partial charge in [-0.3, -0.25) is 0 Å². The van der Waals surface area contributed by atoms with Crippen LogP contribution in [0.3, 0.4) is 0 Å². The van der Waals surface area contributed by atoms with Crippen molar-refractivity contribution in [3.8, 4) is 5.88 Å². The minimum atomic E-state index is -0.361. The number of hydrogen-bond acceptors (Lipinski definition) is 6. The number of halogens is 1. The second kappa shape index (κ2) is 6.79. The molecule has 0 spiro atoms. The van der Waals surface area contributed by atoms with Gasteiger partial charge in [0.1, 0.15) is 11.9 Å². The van der Waals surface area contributed by atoms with Gasteiger partial charge < -0.3 is 20.3 Å². The van der Waals surface area contributed by atoms with E-state index in [1.165, 1.54) is 0 Å². The first kappa shape index (κ1) is 18.8. The largest absolute Gasteiger partial charge is 0.472 e. The number of hydrogen-bond donors (Lipinski definition) is 2. The predicted molar refractivity (Wildman–Crippen MR) is 120 cm³/mol. The fourth-order valence-corrected chi connectivity index (χ4v) is 5.51. The number of aromatic nitrogens is 2. The van der Waals surface area contributed by atoms with Crippen LogP contribution in [0.5, 0.6) is 5.88 Å². The number of aryl methyl sites for hydroxylation is 2. The van der Waals surface area contributed by atoms with Gasteiger partial charge in [-0.05, 0) is 51.3 Å². The van der Waals surface area contributed by atoms with E-state index in [2.05, 4.69) is 27.4 Å². The lowest BCUT2D eigenvalue weighted by Crippen LogP contribution is -2.62. The highest BCUT2D eigenvalue weighted by atomic mass is 19.1. The summed E-state index contributed by atoms with van der Waals surface area (Å²) in [5.74, 6) is 1.08. The van der Waals surface area contributed by atoms with E-state index >= 15 is 4.39 Å². The van der Waals surface area contributed by atoms with Crippen molar-refractivity contribution < 1.29 is 9.13 Å². The molecule has 0 amide bonds. The van der Waals surface area contributed by atoms with Gasteiger partial charge in [-0.2, -0.15) is 4.98 Å². The van der Waals surface area contributed by atoms with Crippen molar-refractivity contribution in [1.82, 2.24) is 15.3 Å². The second-order valence-electron chi connectivity index (χ2n) is 8.98. The van der Waals surface area contributed by atoms with Crippen LogP contribution in [-0.4, -0.2) is 40.7 Å². The summed E-state index contributed by atoms with van der Waals surface area (Å²) >= 11 is 0. The SMILES string of the molecule is Cc1nc2c3c(nc(Nc4ccccc4)c(F)c3c1C)O[C@H](C)C1C3CCC(CN21)N3. The number of anilines is 3. The molecule has 7 heteroatoms. The molecule has 0 aliphatic carbocycles. The maximum absolute atomic E-state index is 15.9. The van der Waals surface area contributed by atoms with Gasteiger partial charge in [0, 0.05) is 35.4 Å². The number of nitrogens with zero attached hydrogens (tertiary/aromatic N) is 3. The summed E-state index contributed by atoms with van der Waals surface area (Å²) in [5, 5.41) is 8.11. The maximum atomic E-state index is 15.9. The van der Waals surface area contributed by atoms with E-state index < -0.39 is 0 Å². The molecule has 2 saturated heterocycles. The number of rotatable bonds is 2. The highest BCUT2D eigenvalue weighted by Crippen LogP contribution is 2.45. The number of ether oxygens (including phenoxy) is 1. The second-order valence-corrected chi connectivity index (χ2v) is 8.98. The first-order valence-electron chi connectivity index (χ1n) is 11.0. The fraction of sp³-hybridized carbons (Fsp3) is 0.417. The molecule has 0 saturated carbocycles. The quantitative estimate of drug-likeness (QED) is 0.649. The van der Waals surface area contributed by atoms with Crippen molar-refractivity contribution in [2.24, 2.45) is 0 Å². The van der Waals surface area contributed by atoms with E-state index in [1.807, 2.05) is 44.2 Å². The molecule has 1 aromatic carbocycles. The van der Waals surface area contributed by atoms with Gasteiger partial charge >= 0.3 is 0 Å². The van der Waals surface area contributed by atoms with Crippen LogP contribution >= 0.6 is 0 Å². The topological polar surface area (TPSA) is 62.3 Å². The third-order valence-electron chi connectivity index (χ3n) is 7.07. The molecule has 2 bridgehead atoms. The Labute approximate surface area is 180 Å². The van der Waals surface area contributed by atoms with E-state index in [4.69, 9.17) is 9.72 Å². The summed E-state index contributed by atoms with van der Waals surface area (Å²) in [6.45, 7) is 6.82. The smallest absolute Gasteiger partial charge is 0.227 e. The molecular formula is C24H26FN5O. The molecule has 3 unspecified atom stereocenters. The average Bonchev–Trinajstić information content (AvgIpc) is 3.09. The molecule has 31 heavy (non-hydrogen) atoms. The molecule has 0 radical (unpaired) electrons. The minimum Gasteiger partial charge on any atom is -0.472 e. The molecule has 4 atom stereocenters. The van der Waals surface area contributed by atoms with E-state index in [0.29, 0.717) is 28.7 Å². The van der Waals surface area contributed by atoms with Gasteiger partial charge in [0.2, 0.25) is 5.88 Å².